The fourth-order valence-electron chi connectivity index (χ4n) is 2.61. The van der Waals surface area contributed by atoms with E-state index in [1.54, 1.807) is 23.0 Å². The Balaban J connectivity index is 1.91. The number of para-hydroxylation sites is 1. The monoisotopic (exact) mass is 353 g/mol. The summed E-state index contributed by atoms with van der Waals surface area (Å²) in [7, 11) is 4.57. The molecule has 3 rings (SSSR count). The summed E-state index contributed by atoms with van der Waals surface area (Å²) in [5.74, 6) is 1.07. The van der Waals surface area contributed by atoms with Gasteiger partial charge in [0.2, 0.25) is 5.75 Å². The lowest BCUT2D eigenvalue weighted by Gasteiger charge is -2.15. The quantitative estimate of drug-likeness (QED) is 0.737. The normalized spacial score (nSPS) is 10.3. The molecule has 3 aromatic rings. The van der Waals surface area contributed by atoms with Gasteiger partial charge in [-0.25, -0.2) is 4.98 Å². The number of imidazole rings is 1. The fourth-order valence-corrected chi connectivity index (χ4v) is 2.61. The lowest BCUT2D eigenvalue weighted by Crippen LogP contribution is -2.16. The highest BCUT2D eigenvalue weighted by Gasteiger charge is 2.17. The third-order valence-corrected chi connectivity index (χ3v) is 3.83. The Labute approximate surface area is 151 Å². The van der Waals surface area contributed by atoms with Crippen LogP contribution in [-0.2, 0) is 0 Å². The van der Waals surface area contributed by atoms with Gasteiger partial charge in [-0.05, 0) is 12.1 Å². The van der Waals surface area contributed by atoms with E-state index in [0.29, 0.717) is 28.6 Å². The molecule has 0 saturated carbocycles. The number of amides is 1. The molecule has 0 aliphatic rings. The van der Waals surface area contributed by atoms with Gasteiger partial charge in [0.05, 0.1) is 33.9 Å². The van der Waals surface area contributed by atoms with Gasteiger partial charge in [0.25, 0.3) is 5.91 Å². The molecular weight excluding hydrogens is 334 g/mol. The van der Waals surface area contributed by atoms with Crippen molar-refractivity contribution in [3.63, 3.8) is 0 Å². The van der Waals surface area contributed by atoms with Crippen molar-refractivity contribution < 1.29 is 19.0 Å². The van der Waals surface area contributed by atoms with Gasteiger partial charge in [-0.2, -0.15) is 0 Å². The number of aromatic nitrogens is 2. The van der Waals surface area contributed by atoms with Gasteiger partial charge in [0.15, 0.2) is 11.5 Å². The largest absolute Gasteiger partial charge is 0.493 e. The van der Waals surface area contributed by atoms with Crippen LogP contribution in [0.15, 0.2) is 55.0 Å². The van der Waals surface area contributed by atoms with E-state index in [1.165, 1.54) is 27.5 Å². The SMILES string of the molecule is COc1cc(NC(=O)c2cncn2-c2ccccc2)cc(OC)c1OC. The predicted molar refractivity (Wildman–Crippen MR) is 97.6 cm³/mol. The molecule has 0 saturated heterocycles. The minimum Gasteiger partial charge on any atom is -0.493 e. The number of anilines is 1. The molecule has 0 aliphatic carbocycles. The van der Waals surface area contributed by atoms with Crippen molar-refractivity contribution in [2.45, 2.75) is 0 Å². The minimum atomic E-state index is -0.305. The fraction of sp³-hybridized carbons (Fsp3) is 0.158. The second kappa shape index (κ2) is 7.60. The maximum atomic E-state index is 12.7. The van der Waals surface area contributed by atoms with Gasteiger partial charge in [-0.1, -0.05) is 18.2 Å². The Bertz CT molecular complexity index is 881. The molecule has 1 heterocycles. The van der Waals surface area contributed by atoms with E-state index in [4.69, 9.17) is 14.2 Å². The van der Waals surface area contributed by atoms with Gasteiger partial charge in [-0.3, -0.25) is 9.36 Å². The van der Waals surface area contributed by atoms with E-state index in [2.05, 4.69) is 10.3 Å². The molecule has 1 amide bonds. The summed E-state index contributed by atoms with van der Waals surface area (Å²) in [5, 5.41) is 2.84. The number of carbonyl (C=O) groups excluding carboxylic acids is 1. The molecule has 0 unspecified atom stereocenters. The molecule has 7 heteroatoms. The first-order valence-electron chi connectivity index (χ1n) is 7.87. The van der Waals surface area contributed by atoms with Gasteiger partial charge in [0.1, 0.15) is 5.69 Å². The van der Waals surface area contributed by atoms with Crippen LogP contribution in [0.25, 0.3) is 5.69 Å². The summed E-state index contributed by atoms with van der Waals surface area (Å²) < 4.78 is 17.6. The standard InChI is InChI=1S/C19H19N3O4/c1-24-16-9-13(10-17(25-2)18(16)26-3)21-19(23)15-11-20-12-22(15)14-7-5-4-6-8-14/h4-12H,1-3H3,(H,21,23). The van der Waals surface area contributed by atoms with Crippen LogP contribution in [0, 0.1) is 0 Å². The van der Waals surface area contributed by atoms with Crippen molar-refractivity contribution in [1.29, 1.82) is 0 Å². The highest BCUT2D eigenvalue weighted by atomic mass is 16.5. The molecule has 134 valence electrons. The van der Waals surface area contributed by atoms with Crippen molar-refractivity contribution in [3.8, 4) is 22.9 Å². The molecule has 0 spiro atoms. The summed E-state index contributed by atoms with van der Waals surface area (Å²) >= 11 is 0. The molecule has 0 bridgehead atoms. The van der Waals surface area contributed by atoms with Crippen LogP contribution in [0.3, 0.4) is 0 Å². The van der Waals surface area contributed by atoms with Gasteiger partial charge in [-0.15, -0.1) is 0 Å². The van der Waals surface area contributed by atoms with Crippen LogP contribution in [-0.4, -0.2) is 36.8 Å². The van der Waals surface area contributed by atoms with Crippen LogP contribution in [0.1, 0.15) is 10.5 Å². The van der Waals surface area contributed by atoms with Crippen molar-refractivity contribution in [2.24, 2.45) is 0 Å². The molecule has 1 N–H and O–H groups in total. The zero-order valence-electron chi connectivity index (χ0n) is 14.7. The molecule has 1 aromatic heterocycles. The molecule has 7 nitrogen and oxygen atoms in total. The Kier molecular flexibility index (Phi) is 5.07. The average Bonchev–Trinajstić information content (AvgIpc) is 3.17. The number of ether oxygens (including phenoxy) is 3. The Morgan fingerprint density at radius 2 is 1.65 bits per heavy atom. The predicted octanol–water partition coefficient (Wildman–Crippen LogP) is 3.15. The maximum absolute atomic E-state index is 12.7. The van der Waals surface area contributed by atoms with E-state index in [-0.39, 0.29) is 5.91 Å². The molecule has 0 radical (unpaired) electrons. The highest BCUT2D eigenvalue weighted by Crippen LogP contribution is 2.40. The van der Waals surface area contributed by atoms with Crippen LogP contribution < -0.4 is 19.5 Å². The third-order valence-electron chi connectivity index (χ3n) is 3.83. The molecule has 26 heavy (non-hydrogen) atoms. The van der Waals surface area contributed by atoms with Gasteiger partial charge >= 0.3 is 0 Å². The van der Waals surface area contributed by atoms with E-state index < -0.39 is 0 Å². The summed E-state index contributed by atoms with van der Waals surface area (Å²) in [4.78, 5) is 16.8. The number of nitrogens with zero attached hydrogens (tertiary/aromatic N) is 2. The number of carbonyl (C=O) groups is 1. The topological polar surface area (TPSA) is 74.6 Å². The van der Waals surface area contributed by atoms with Crippen molar-refractivity contribution in [1.82, 2.24) is 9.55 Å². The molecular formula is C19H19N3O4. The van der Waals surface area contributed by atoms with Gasteiger partial charge < -0.3 is 19.5 Å². The van der Waals surface area contributed by atoms with E-state index in [1.807, 2.05) is 30.3 Å². The second-order valence-corrected chi connectivity index (χ2v) is 5.35. The van der Waals surface area contributed by atoms with Crippen LogP contribution in [0.4, 0.5) is 5.69 Å². The zero-order valence-corrected chi connectivity index (χ0v) is 14.7. The first kappa shape index (κ1) is 17.3. The smallest absolute Gasteiger partial charge is 0.274 e. The van der Waals surface area contributed by atoms with Crippen LogP contribution in [0.2, 0.25) is 0 Å². The number of methoxy groups -OCH3 is 3. The summed E-state index contributed by atoms with van der Waals surface area (Å²) in [6, 6.07) is 12.9. The third kappa shape index (κ3) is 3.32. The highest BCUT2D eigenvalue weighted by molar-refractivity contribution is 6.03. The first-order chi connectivity index (χ1) is 12.7. The zero-order chi connectivity index (χ0) is 18.5. The average molecular weight is 353 g/mol. The van der Waals surface area contributed by atoms with E-state index in [0.717, 1.165) is 5.69 Å². The molecule has 0 aliphatic heterocycles. The van der Waals surface area contributed by atoms with E-state index >= 15 is 0 Å². The van der Waals surface area contributed by atoms with Crippen molar-refractivity contribution in [2.75, 3.05) is 26.6 Å². The second-order valence-electron chi connectivity index (χ2n) is 5.35. The number of nitrogens with one attached hydrogen (secondary N) is 1. The first-order valence-corrected chi connectivity index (χ1v) is 7.87. The molecule has 0 atom stereocenters. The molecule has 2 aromatic carbocycles. The Morgan fingerprint density at radius 1 is 1.00 bits per heavy atom. The Hall–Kier alpha value is -3.48. The van der Waals surface area contributed by atoms with Crippen molar-refractivity contribution >= 4 is 11.6 Å². The summed E-state index contributed by atoms with van der Waals surface area (Å²) in [6.45, 7) is 0. The van der Waals surface area contributed by atoms with Gasteiger partial charge in [0, 0.05) is 23.5 Å². The number of rotatable bonds is 6. The number of hydrogen-bond acceptors (Lipinski definition) is 5. The van der Waals surface area contributed by atoms with E-state index in [9.17, 15) is 4.79 Å². The van der Waals surface area contributed by atoms with Crippen LogP contribution in [0.5, 0.6) is 17.2 Å². The lowest BCUT2D eigenvalue weighted by atomic mass is 10.2. The number of benzene rings is 2. The van der Waals surface area contributed by atoms with Crippen molar-refractivity contribution in [3.05, 3.63) is 60.7 Å². The maximum Gasteiger partial charge on any atom is 0.274 e. The minimum absolute atomic E-state index is 0.305. The number of hydrogen-bond donors (Lipinski definition) is 1. The molecule has 0 fully saturated rings. The van der Waals surface area contributed by atoms with Crippen LogP contribution >= 0.6 is 0 Å². The summed E-state index contributed by atoms with van der Waals surface area (Å²) in [6.07, 6.45) is 3.11. The summed E-state index contributed by atoms with van der Waals surface area (Å²) in [5.41, 5.74) is 1.77. The lowest BCUT2D eigenvalue weighted by molar-refractivity contribution is 0.102. The Morgan fingerprint density at radius 3 is 2.23 bits per heavy atom.